The van der Waals surface area contributed by atoms with Gasteiger partial charge in [0.2, 0.25) is 0 Å². The first-order chi connectivity index (χ1) is 11.9. The van der Waals surface area contributed by atoms with Crippen LogP contribution in [0.5, 0.6) is 0 Å². The fourth-order valence-electron chi connectivity index (χ4n) is 2.15. The van der Waals surface area contributed by atoms with Gasteiger partial charge >= 0.3 is 5.69 Å². The van der Waals surface area contributed by atoms with Gasteiger partial charge in [0.05, 0.1) is 22.3 Å². The smallest absolute Gasteiger partial charge is 0.333 e. The number of nitrogens with one attached hydrogen (secondary N) is 2. The van der Waals surface area contributed by atoms with Crippen LogP contribution in [0.3, 0.4) is 0 Å². The van der Waals surface area contributed by atoms with E-state index in [1.165, 1.54) is 12.1 Å². The van der Waals surface area contributed by atoms with Crippen molar-refractivity contribution in [2.75, 3.05) is 12.4 Å². The van der Waals surface area contributed by atoms with Gasteiger partial charge in [-0.25, -0.2) is 13.8 Å². The number of rotatable bonds is 4. The van der Waals surface area contributed by atoms with Crippen LogP contribution in [0, 0.1) is 5.82 Å². The molecule has 1 heterocycles. The molecule has 134 valence electrons. The summed E-state index contributed by atoms with van der Waals surface area (Å²) in [6.07, 6.45) is 4.78. The van der Waals surface area contributed by atoms with Crippen molar-refractivity contribution in [3.63, 3.8) is 0 Å². The van der Waals surface area contributed by atoms with E-state index in [0.29, 0.717) is 5.70 Å². The zero-order chi connectivity index (χ0) is 19.1. The standard InChI is InChI=1S/C17H18FN3O2.C2H6/c1-5-11(7-6-10(2)3)21-16(22)12-8-13(18)15(19-4)9-14(12)20-17(21)23;1-2/h5-9,19H,1H2,2-4H3,(H,20,23);1-2H3/b11-7+;. The van der Waals surface area contributed by atoms with Crippen molar-refractivity contribution in [1.82, 2.24) is 9.55 Å². The molecule has 25 heavy (non-hydrogen) atoms. The van der Waals surface area contributed by atoms with E-state index >= 15 is 0 Å². The summed E-state index contributed by atoms with van der Waals surface area (Å²) in [4.78, 5) is 27.5. The van der Waals surface area contributed by atoms with Crippen molar-refractivity contribution in [3.05, 3.63) is 69.2 Å². The zero-order valence-electron chi connectivity index (χ0n) is 15.2. The molecule has 0 unspecified atom stereocenters. The van der Waals surface area contributed by atoms with E-state index in [9.17, 15) is 14.0 Å². The van der Waals surface area contributed by atoms with Gasteiger partial charge in [0, 0.05) is 7.05 Å². The highest BCUT2D eigenvalue weighted by molar-refractivity contribution is 5.82. The maximum absolute atomic E-state index is 13.9. The summed E-state index contributed by atoms with van der Waals surface area (Å²) >= 11 is 0. The number of H-pyrrole nitrogens is 1. The van der Waals surface area contributed by atoms with Gasteiger partial charge in [0.1, 0.15) is 5.82 Å². The van der Waals surface area contributed by atoms with Crippen molar-refractivity contribution in [3.8, 4) is 0 Å². The number of aromatic amines is 1. The molecule has 0 amide bonds. The third-order valence-corrected chi connectivity index (χ3v) is 3.31. The summed E-state index contributed by atoms with van der Waals surface area (Å²) in [5.41, 5.74) is 0.585. The lowest BCUT2D eigenvalue weighted by molar-refractivity contribution is 0.632. The first-order valence-electron chi connectivity index (χ1n) is 8.03. The average Bonchev–Trinajstić information content (AvgIpc) is 2.59. The van der Waals surface area contributed by atoms with Crippen LogP contribution in [-0.4, -0.2) is 16.6 Å². The summed E-state index contributed by atoms with van der Waals surface area (Å²) < 4.78 is 14.9. The Labute approximate surface area is 146 Å². The molecule has 1 aromatic heterocycles. The van der Waals surface area contributed by atoms with Gasteiger partial charge in [-0.1, -0.05) is 32.1 Å². The van der Waals surface area contributed by atoms with Crippen molar-refractivity contribution >= 4 is 22.3 Å². The number of fused-ring (bicyclic) bond motifs is 1. The summed E-state index contributed by atoms with van der Waals surface area (Å²) in [6, 6.07) is 2.50. The van der Waals surface area contributed by atoms with E-state index < -0.39 is 17.1 Å². The summed E-state index contributed by atoms with van der Waals surface area (Å²) in [5, 5.41) is 2.76. The van der Waals surface area contributed by atoms with Gasteiger partial charge < -0.3 is 10.3 Å². The molecule has 0 aliphatic carbocycles. The van der Waals surface area contributed by atoms with E-state index in [1.807, 2.05) is 27.7 Å². The SMILES string of the molecule is C=C/C(=C\C=C(C)C)n1c(=O)[nH]c2cc(NC)c(F)cc2c1=O.CC. The van der Waals surface area contributed by atoms with Crippen LogP contribution in [0.15, 0.2) is 52.1 Å². The van der Waals surface area contributed by atoms with Crippen molar-refractivity contribution in [2.45, 2.75) is 27.7 Å². The average molecular weight is 345 g/mol. The minimum atomic E-state index is -0.607. The minimum absolute atomic E-state index is 0.0889. The van der Waals surface area contributed by atoms with Crippen LogP contribution < -0.4 is 16.6 Å². The topological polar surface area (TPSA) is 66.9 Å². The quantitative estimate of drug-likeness (QED) is 0.826. The molecule has 5 nitrogen and oxygen atoms in total. The van der Waals surface area contributed by atoms with Gasteiger partial charge in [0.15, 0.2) is 0 Å². The number of benzene rings is 1. The Hall–Kier alpha value is -2.89. The fourth-order valence-corrected chi connectivity index (χ4v) is 2.15. The normalized spacial score (nSPS) is 10.7. The molecule has 0 radical (unpaired) electrons. The minimum Gasteiger partial charge on any atom is -0.386 e. The van der Waals surface area contributed by atoms with Crippen LogP contribution in [0.4, 0.5) is 10.1 Å². The Bertz CT molecular complexity index is 946. The van der Waals surface area contributed by atoms with Crippen molar-refractivity contribution in [1.29, 1.82) is 0 Å². The third-order valence-electron chi connectivity index (χ3n) is 3.31. The number of anilines is 1. The Morgan fingerprint density at radius 2 is 1.88 bits per heavy atom. The van der Waals surface area contributed by atoms with Gasteiger partial charge in [0.25, 0.3) is 5.56 Å². The lowest BCUT2D eigenvalue weighted by Crippen LogP contribution is -2.34. The second-order valence-corrected chi connectivity index (χ2v) is 5.24. The number of aromatic nitrogens is 2. The molecule has 0 bridgehead atoms. The number of allylic oxidation sites excluding steroid dienone is 5. The molecule has 0 saturated heterocycles. The Balaban J connectivity index is 0.00000151. The molecular formula is C19H24FN3O2. The second kappa shape index (κ2) is 8.82. The first-order valence-corrected chi connectivity index (χ1v) is 8.03. The van der Waals surface area contributed by atoms with Crippen LogP contribution >= 0.6 is 0 Å². The fraction of sp³-hybridized carbons (Fsp3) is 0.263. The summed E-state index contributed by atoms with van der Waals surface area (Å²) in [7, 11) is 1.56. The van der Waals surface area contributed by atoms with Gasteiger partial charge in [-0.3, -0.25) is 4.79 Å². The lowest BCUT2D eigenvalue weighted by atomic mass is 10.2. The van der Waals surface area contributed by atoms with Crippen LogP contribution in [0.25, 0.3) is 16.6 Å². The van der Waals surface area contributed by atoms with Crippen molar-refractivity contribution < 1.29 is 4.39 Å². The monoisotopic (exact) mass is 345 g/mol. The largest absolute Gasteiger partial charge is 0.386 e. The molecular weight excluding hydrogens is 321 g/mol. The van der Waals surface area contributed by atoms with Crippen LogP contribution in [0.2, 0.25) is 0 Å². The third kappa shape index (κ3) is 4.35. The molecule has 0 aliphatic rings. The van der Waals surface area contributed by atoms with Crippen LogP contribution in [0.1, 0.15) is 27.7 Å². The second-order valence-electron chi connectivity index (χ2n) is 5.24. The molecule has 0 saturated carbocycles. The van der Waals surface area contributed by atoms with E-state index in [-0.39, 0.29) is 16.6 Å². The molecule has 0 atom stereocenters. The van der Waals surface area contributed by atoms with Crippen LogP contribution in [-0.2, 0) is 0 Å². The Morgan fingerprint density at radius 3 is 2.40 bits per heavy atom. The molecule has 1 aromatic carbocycles. The highest BCUT2D eigenvalue weighted by Crippen LogP contribution is 2.18. The number of hydrogen-bond acceptors (Lipinski definition) is 3. The highest BCUT2D eigenvalue weighted by Gasteiger charge is 2.12. The number of nitrogens with zero attached hydrogens (tertiary/aromatic N) is 1. The molecule has 6 heteroatoms. The molecule has 2 rings (SSSR count). The lowest BCUT2D eigenvalue weighted by Gasteiger charge is -2.09. The maximum atomic E-state index is 13.9. The Morgan fingerprint density at radius 1 is 1.24 bits per heavy atom. The highest BCUT2D eigenvalue weighted by atomic mass is 19.1. The van der Waals surface area contributed by atoms with Gasteiger partial charge in [-0.05, 0) is 38.1 Å². The first kappa shape index (κ1) is 20.2. The van der Waals surface area contributed by atoms with E-state index in [0.717, 1.165) is 16.2 Å². The van der Waals surface area contributed by atoms with E-state index in [4.69, 9.17) is 0 Å². The van der Waals surface area contributed by atoms with E-state index in [2.05, 4.69) is 16.9 Å². The van der Waals surface area contributed by atoms with Crippen molar-refractivity contribution in [2.24, 2.45) is 0 Å². The summed E-state index contributed by atoms with van der Waals surface area (Å²) in [5.74, 6) is -0.566. The molecule has 0 aliphatic heterocycles. The molecule has 2 aromatic rings. The Kier molecular flexibility index (Phi) is 7.11. The zero-order valence-corrected chi connectivity index (χ0v) is 15.2. The van der Waals surface area contributed by atoms with Gasteiger partial charge in [-0.15, -0.1) is 0 Å². The summed E-state index contributed by atoms with van der Waals surface area (Å²) in [6.45, 7) is 11.4. The number of halogens is 1. The molecule has 2 N–H and O–H groups in total. The molecule has 0 spiro atoms. The van der Waals surface area contributed by atoms with E-state index in [1.54, 1.807) is 19.2 Å². The maximum Gasteiger partial charge on any atom is 0.333 e. The van der Waals surface area contributed by atoms with Gasteiger partial charge in [-0.2, -0.15) is 0 Å². The predicted octanol–water partition coefficient (Wildman–Crippen LogP) is 3.89. The molecule has 0 fully saturated rings. The predicted molar refractivity (Wildman–Crippen MR) is 104 cm³/mol. The number of hydrogen-bond donors (Lipinski definition) is 2.